The summed E-state index contributed by atoms with van der Waals surface area (Å²) in [5, 5.41) is 44.6. The summed E-state index contributed by atoms with van der Waals surface area (Å²) in [4.78, 5) is 11.4. The van der Waals surface area contributed by atoms with Crippen molar-refractivity contribution in [2.75, 3.05) is 21.3 Å². The largest absolute Gasteiger partial charge is 0.507 e. The summed E-state index contributed by atoms with van der Waals surface area (Å²) in [6.07, 6.45) is 5.27. The molecular weight excluding hydrogens is 642 g/mol. The molecule has 2 aliphatic rings. The molecule has 3 aromatic rings. The number of aliphatic hydroxyl groups is 2. The molecule has 1 unspecified atom stereocenters. The Balaban J connectivity index is 1.49. The van der Waals surface area contributed by atoms with Gasteiger partial charge in [-0.2, -0.15) is 0 Å². The van der Waals surface area contributed by atoms with E-state index in [-0.39, 0.29) is 35.3 Å². The molecule has 3 aromatic carbocycles. The normalized spacial score (nSPS) is 22.2. The van der Waals surface area contributed by atoms with Crippen molar-refractivity contribution in [3.05, 3.63) is 86.0 Å². The molecule has 4 atom stereocenters. The minimum absolute atomic E-state index is 0.0254. The van der Waals surface area contributed by atoms with E-state index in [2.05, 4.69) is 0 Å². The molecule has 50 heavy (non-hydrogen) atoms. The van der Waals surface area contributed by atoms with Crippen molar-refractivity contribution < 1.29 is 43.9 Å². The number of aliphatic hydroxyl groups excluding tert-OH is 2. The van der Waals surface area contributed by atoms with Crippen molar-refractivity contribution in [2.24, 2.45) is 11.3 Å². The van der Waals surface area contributed by atoms with E-state index in [0.717, 1.165) is 16.7 Å². The SMILES string of the molecule is COc1cc(COc2cc(/C=C/c3cc4c(c(OC)c3)O[C@]3(C)C[C@@H](O)[C@@H](O)C(C)(C)C3C4)cc(O)c2CC=C(C)C)c([N+](=O)[O-])cc1OC. The van der Waals surface area contributed by atoms with Crippen LogP contribution < -0.4 is 23.7 Å². The molecule has 11 nitrogen and oxygen atoms in total. The number of phenolic OH excluding ortho intramolecular Hbond substituents is 1. The van der Waals surface area contributed by atoms with E-state index in [0.29, 0.717) is 53.4 Å². The minimum Gasteiger partial charge on any atom is -0.507 e. The van der Waals surface area contributed by atoms with Crippen molar-refractivity contribution in [3.63, 3.8) is 0 Å². The zero-order valence-corrected chi connectivity index (χ0v) is 29.9. The molecule has 0 saturated heterocycles. The summed E-state index contributed by atoms with van der Waals surface area (Å²) in [5.74, 6) is 2.09. The fourth-order valence-corrected chi connectivity index (χ4v) is 7.33. The monoisotopic (exact) mass is 689 g/mol. The second kappa shape index (κ2) is 14.2. The Morgan fingerprint density at radius 2 is 1.56 bits per heavy atom. The molecule has 5 rings (SSSR count). The molecule has 11 heteroatoms. The van der Waals surface area contributed by atoms with Gasteiger partial charge in [-0.1, -0.05) is 37.6 Å². The molecule has 1 aliphatic heterocycles. The predicted molar refractivity (Wildman–Crippen MR) is 190 cm³/mol. The van der Waals surface area contributed by atoms with Crippen LogP contribution in [0.15, 0.2) is 48.0 Å². The Morgan fingerprint density at radius 3 is 2.18 bits per heavy atom. The Morgan fingerprint density at radius 1 is 0.940 bits per heavy atom. The number of rotatable bonds is 11. The topological polar surface area (TPSA) is 150 Å². The van der Waals surface area contributed by atoms with Gasteiger partial charge in [-0.05, 0) is 80.6 Å². The number of benzene rings is 3. The summed E-state index contributed by atoms with van der Waals surface area (Å²) < 4.78 is 29.2. The fourth-order valence-electron chi connectivity index (χ4n) is 7.33. The third kappa shape index (κ3) is 7.11. The van der Waals surface area contributed by atoms with Crippen LogP contribution in [0, 0.1) is 21.4 Å². The van der Waals surface area contributed by atoms with E-state index in [1.54, 1.807) is 19.2 Å². The molecule has 3 N–H and O–H groups in total. The second-order valence-corrected chi connectivity index (χ2v) is 14.1. The zero-order valence-electron chi connectivity index (χ0n) is 29.9. The van der Waals surface area contributed by atoms with Gasteiger partial charge < -0.3 is 39.0 Å². The van der Waals surface area contributed by atoms with Gasteiger partial charge in [0.15, 0.2) is 23.0 Å². The van der Waals surface area contributed by atoms with Crippen LogP contribution in [0.4, 0.5) is 5.69 Å². The van der Waals surface area contributed by atoms with Crippen LogP contribution in [0.5, 0.6) is 34.5 Å². The third-order valence-corrected chi connectivity index (χ3v) is 10.1. The molecule has 0 spiro atoms. The predicted octanol–water partition coefficient (Wildman–Crippen LogP) is 7.05. The molecule has 268 valence electrons. The Hall–Kier alpha value is -4.74. The smallest absolute Gasteiger partial charge is 0.280 e. The van der Waals surface area contributed by atoms with Crippen LogP contribution in [-0.2, 0) is 19.4 Å². The number of allylic oxidation sites excluding steroid dienone is 2. The lowest BCUT2D eigenvalue weighted by molar-refractivity contribution is -0.385. The average Bonchev–Trinajstić information content (AvgIpc) is 3.06. The van der Waals surface area contributed by atoms with Crippen molar-refractivity contribution in [1.29, 1.82) is 0 Å². The number of aromatic hydroxyl groups is 1. The highest BCUT2D eigenvalue weighted by atomic mass is 16.6. The van der Waals surface area contributed by atoms with Crippen LogP contribution >= 0.6 is 0 Å². The van der Waals surface area contributed by atoms with E-state index >= 15 is 0 Å². The van der Waals surface area contributed by atoms with Crippen molar-refractivity contribution in [2.45, 2.75) is 78.3 Å². The summed E-state index contributed by atoms with van der Waals surface area (Å²) in [7, 11) is 4.45. The van der Waals surface area contributed by atoms with Crippen molar-refractivity contribution in [1.82, 2.24) is 0 Å². The lowest BCUT2D eigenvalue weighted by Gasteiger charge is -2.56. The molecule has 1 fully saturated rings. The van der Waals surface area contributed by atoms with E-state index in [9.17, 15) is 25.4 Å². The number of nitro benzene ring substituents is 1. The van der Waals surface area contributed by atoms with Gasteiger partial charge in [-0.15, -0.1) is 0 Å². The van der Waals surface area contributed by atoms with Gasteiger partial charge in [0.05, 0.1) is 50.1 Å². The summed E-state index contributed by atoms with van der Waals surface area (Å²) >= 11 is 0. The van der Waals surface area contributed by atoms with Crippen LogP contribution in [0.2, 0.25) is 0 Å². The Kier molecular flexibility index (Phi) is 10.4. The van der Waals surface area contributed by atoms with Gasteiger partial charge in [0.2, 0.25) is 0 Å². The number of phenols is 1. The zero-order chi connectivity index (χ0) is 36.5. The number of nitro groups is 1. The molecule has 0 bridgehead atoms. The van der Waals surface area contributed by atoms with Gasteiger partial charge in [-0.25, -0.2) is 0 Å². The maximum absolute atomic E-state index is 11.9. The van der Waals surface area contributed by atoms with Crippen LogP contribution in [0.1, 0.15) is 68.9 Å². The lowest BCUT2D eigenvalue weighted by Crippen LogP contribution is -2.63. The number of hydrogen-bond donors (Lipinski definition) is 3. The standard InChI is InChI=1S/C39H47NO10/c1-22(2)9-12-27-29(41)14-24(15-31(27)49-21-26-17-32(46-6)33(47-7)19-28(26)40(44)45)11-10-23-13-25-18-35-38(3,4)37(43)30(42)20-39(35,5)50-36(25)34(16-23)48-8/h9-11,13-17,19,30,35,37,41-43H,12,18,20-21H2,1-8H3/b11-10+/t30-,35?,37-,39-/m1/s1. The van der Waals surface area contributed by atoms with Gasteiger partial charge in [0.1, 0.15) is 23.7 Å². The third-order valence-electron chi connectivity index (χ3n) is 10.1. The van der Waals surface area contributed by atoms with Gasteiger partial charge in [0, 0.05) is 23.3 Å². The highest BCUT2D eigenvalue weighted by Gasteiger charge is 2.58. The van der Waals surface area contributed by atoms with E-state index in [1.165, 1.54) is 26.4 Å². The summed E-state index contributed by atoms with van der Waals surface area (Å²) in [6, 6.07) is 10.2. The summed E-state index contributed by atoms with van der Waals surface area (Å²) in [6.45, 7) is 9.68. The maximum Gasteiger partial charge on any atom is 0.280 e. The lowest BCUT2D eigenvalue weighted by atomic mass is 9.57. The van der Waals surface area contributed by atoms with Gasteiger partial charge >= 0.3 is 0 Å². The Bertz CT molecular complexity index is 1830. The number of fused-ring (bicyclic) bond motifs is 2. The van der Waals surface area contributed by atoms with Gasteiger partial charge in [0.25, 0.3) is 5.69 Å². The van der Waals surface area contributed by atoms with Crippen LogP contribution in [0.3, 0.4) is 0 Å². The average molecular weight is 690 g/mol. The van der Waals surface area contributed by atoms with E-state index < -0.39 is 28.1 Å². The highest BCUT2D eigenvalue weighted by molar-refractivity contribution is 5.74. The van der Waals surface area contributed by atoms with E-state index in [4.69, 9.17) is 23.7 Å². The fraction of sp³-hybridized carbons (Fsp3) is 0.436. The Labute approximate surface area is 292 Å². The molecule has 0 amide bonds. The minimum atomic E-state index is -0.895. The molecule has 1 heterocycles. The number of ether oxygens (including phenoxy) is 5. The van der Waals surface area contributed by atoms with Gasteiger partial charge in [-0.3, -0.25) is 10.1 Å². The molecule has 0 aromatic heterocycles. The molecule has 0 radical (unpaired) electrons. The quantitative estimate of drug-likeness (QED) is 0.0828. The molecular formula is C39H47NO10. The second-order valence-electron chi connectivity index (χ2n) is 14.1. The first-order valence-electron chi connectivity index (χ1n) is 16.6. The van der Waals surface area contributed by atoms with E-state index in [1.807, 2.05) is 65.0 Å². The maximum atomic E-state index is 11.9. The van der Waals surface area contributed by atoms with Crippen molar-refractivity contribution >= 4 is 17.8 Å². The number of hydrogen-bond acceptors (Lipinski definition) is 10. The van der Waals surface area contributed by atoms with Crippen LogP contribution in [-0.4, -0.2) is 59.4 Å². The first-order chi connectivity index (χ1) is 23.6. The highest BCUT2D eigenvalue weighted by Crippen LogP contribution is 2.55. The molecule has 1 aliphatic carbocycles. The number of nitrogens with zero attached hydrogens (tertiary/aromatic N) is 1. The van der Waals surface area contributed by atoms with Crippen LogP contribution in [0.25, 0.3) is 12.2 Å². The first-order valence-corrected chi connectivity index (χ1v) is 16.6. The van der Waals surface area contributed by atoms with Crippen molar-refractivity contribution in [3.8, 4) is 34.5 Å². The number of methoxy groups -OCH3 is 3. The molecule has 1 saturated carbocycles. The summed E-state index contributed by atoms with van der Waals surface area (Å²) in [5.41, 5.74) is 2.84. The first kappa shape index (κ1) is 36.5.